The Kier molecular flexibility index (Phi) is 6.95. The van der Waals surface area contributed by atoms with Gasteiger partial charge in [0.15, 0.2) is 21.4 Å². The smallest absolute Gasteiger partial charge is 0.175 e. The molecule has 8 heteroatoms. The Morgan fingerprint density at radius 1 is 1.10 bits per heavy atom. The summed E-state index contributed by atoms with van der Waals surface area (Å²) in [6, 6.07) is 12.1. The summed E-state index contributed by atoms with van der Waals surface area (Å²) in [7, 11) is -3.17. The predicted octanol–water partition coefficient (Wildman–Crippen LogP) is 4.24. The van der Waals surface area contributed by atoms with E-state index >= 15 is 0 Å². The van der Waals surface area contributed by atoms with Crippen LogP contribution in [0.25, 0.3) is 10.8 Å². The van der Waals surface area contributed by atoms with Crippen molar-refractivity contribution >= 4 is 33.0 Å². The lowest BCUT2D eigenvalue weighted by atomic mass is 10.1. The summed E-state index contributed by atoms with van der Waals surface area (Å²) in [5, 5.41) is 1.67. The molecule has 0 N–H and O–H groups in total. The average Bonchev–Trinajstić information content (AvgIpc) is 2.70. The van der Waals surface area contributed by atoms with Gasteiger partial charge in [-0.25, -0.2) is 12.8 Å². The molecule has 0 bridgehead atoms. The Hall–Kier alpha value is -2.22. The minimum atomic E-state index is -3.17. The van der Waals surface area contributed by atoms with Crippen molar-refractivity contribution in [3.63, 3.8) is 0 Å². The number of benzene rings is 2. The molecule has 2 heterocycles. The van der Waals surface area contributed by atoms with Crippen LogP contribution in [0.1, 0.15) is 18.4 Å². The second kappa shape index (κ2) is 9.29. The molecule has 1 aliphatic heterocycles. The summed E-state index contributed by atoms with van der Waals surface area (Å²) in [6.07, 6.45) is 6.15. The Balaban J connectivity index is 0.00000256. The number of rotatable bonds is 5. The molecule has 1 fully saturated rings. The molecule has 0 atom stereocenters. The summed E-state index contributed by atoms with van der Waals surface area (Å²) in [5.41, 5.74) is 1.07. The zero-order valence-electron chi connectivity index (χ0n) is 16.6. The molecule has 5 nitrogen and oxygen atoms in total. The van der Waals surface area contributed by atoms with Gasteiger partial charge in [-0.05, 0) is 54.1 Å². The molecule has 2 aromatic carbocycles. The van der Waals surface area contributed by atoms with Crippen LogP contribution < -0.4 is 4.74 Å². The van der Waals surface area contributed by atoms with Crippen LogP contribution in [0.5, 0.6) is 5.75 Å². The number of hydrogen-bond acceptors (Lipinski definition) is 5. The summed E-state index contributed by atoms with van der Waals surface area (Å²) in [6.45, 7) is 2.45. The van der Waals surface area contributed by atoms with Crippen LogP contribution in [0.2, 0.25) is 0 Å². The third kappa shape index (κ3) is 5.28. The number of piperidine rings is 1. The van der Waals surface area contributed by atoms with Crippen LogP contribution in [0.4, 0.5) is 4.39 Å². The molecule has 0 unspecified atom stereocenters. The highest BCUT2D eigenvalue weighted by atomic mass is 35.5. The zero-order chi connectivity index (χ0) is 20.4. The number of aromatic nitrogens is 1. The first kappa shape index (κ1) is 22.5. The number of nitrogens with zero attached hydrogens (tertiary/aromatic N) is 2. The zero-order valence-corrected chi connectivity index (χ0v) is 18.3. The molecular weight excluding hydrogens is 427 g/mol. The number of likely N-dealkylation sites (tertiary alicyclic amines) is 1. The molecule has 30 heavy (non-hydrogen) atoms. The van der Waals surface area contributed by atoms with E-state index < -0.39 is 9.84 Å². The molecule has 0 amide bonds. The van der Waals surface area contributed by atoms with Crippen molar-refractivity contribution in [1.29, 1.82) is 0 Å². The largest absolute Gasteiger partial charge is 0.487 e. The first-order chi connectivity index (χ1) is 13.9. The highest BCUT2D eigenvalue weighted by Gasteiger charge is 2.22. The molecule has 0 aliphatic carbocycles. The minimum Gasteiger partial charge on any atom is -0.487 e. The average molecular weight is 451 g/mol. The maximum absolute atomic E-state index is 14.3. The number of halogens is 2. The van der Waals surface area contributed by atoms with Crippen LogP contribution >= 0.6 is 12.4 Å². The maximum atomic E-state index is 14.3. The van der Waals surface area contributed by atoms with E-state index in [4.69, 9.17) is 4.74 Å². The van der Waals surface area contributed by atoms with Gasteiger partial charge in [0.1, 0.15) is 6.10 Å². The van der Waals surface area contributed by atoms with Crippen molar-refractivity contribution < 1.29 is 17.5 Å². The Morgan fingerprint density at radius 3 is 2.47 bits per heavy atom. The lowest BCUT2D eigenvalue weighted by Gasteiger charge is -2.32. The fourth-order valence-corrected chi connectivity index (χ4v) is 4.27. The van der Waals surface area contributed by atoms with E-state index in [1.165, 1.54) is 12.3 Å². The van der Waals surface area contributed by atoms with E-state index in [-0.39, 0.29) is 24.3 Å². The Labute approximate surface area is 182 Å². The summed E-state index contributed by atoms with van der Waals surface area (Å²) in [5.74, 6) is -0.0718. The van der Waals surface area contributed by atoms with Gasteiger partial charge in [-0.3, -0.25) is 9.88 Å². The third-order valence-electron chi connectivity index (χ3n) is 5.28. The van der Waals surface area contributed by atoms with Crippen LogP contribution in [0.15, 0.2) is 59.8 Å². The van der Waals surface area contributed by atoms with E-state index in [1.54, 1.807) is 30.6 Å². The number of fused-ring (bicyclic) bond motifs is 1. The topological polar surface area (TPSA) is 59.5 Å². The maximum Gasteiger partial charge on any atom is 0.175 e. The van der Waals surface area contributed by atoms with E-state index in [1.807, 2.05) is 18.2 Å². The quantitative estimate of drug-likeness (QED) is 0.581. The molecule has 1 aromatic heterocycles. The lowest BCUT2D eigenvalue weighted by molar-refractivity contribution is 0.0937. The SMILES string of the molecule is CS(=O)(=O)c1ccc(CN2CCC(Oc3cc4ccncc4cc3F)CC2)cc1.Cl. The molecule has 0 radical (unpaired) electrons. The van der Waals surface area contributed by atoms with Gasteiger partial charge < -0.3 is 4.74 Å². The van der Waals surface area contributed by atoms with E-state index in [0.29, 0.717) is 10.6 Å². The minimum absolute atomic E-state index is 0. The highest BCUT2D eigenvalue weighted by molar-refractivity contribution is 7.90. The van der Waals surface area contributed by atoms with Gasteiger partial charge >= 0.3 is 0 Å². The second-order valence-electron chi connectivity index (χ2n) is 7.51. The van der Waals surface area contributed by atoms with Crippen molar-refractivity contribution in [2.45, 2.75) is 30.4 Å². The third-order valence-corrected chi connectivity index (χ3v) is 6.41. The molecule has 1 saturated heterocycles. The van der Waals surface area contributed by atoms with Crippen molar-refractivity contribution in [3.05, 3.63) is 66.2 Å². The number of hydrogen-bond donors (Lipinski definition) is 0. The van der Waals surface area contributed by atoms with Gasteiger partial charge in [-0.1, -0.05) is 12.1 Å². The monoisotopic (exact) mass is 450 g/mol. The van der Waals surface area contributed by atoms with E-state index in [9.17, 15) is 12.8 Å². The molecule has 4 rings (SSSR count). The molecule has 0 spiro atoms. The van der Waals surface area contributed by atoms with Crippen molar-refractivity contribution in [3.8, 4) is 5.75 Å². The van der Waals surface area contributed by atoms with Crippen LogP contribution in [-0.2, 0) is 16.4 Å². The normalized spacial score (nSPS) is 15.7. The van der Waals surface area contributed by atoms with Gasteiger partial charge in [-0.15, -0.1) is 12.4 Å². The summed E-state index contributed by atoms with van der Waals surface area (Å²) >= 11 is 0. The van der Waals surface area contributed by atoms with Crippen molar-refractivity contribution in [1.82, 2.24) is 9.88 Å². The number of ether oxygens (including phenoxy) is 1. The van der Waals surface area contributed by atoms with Crippen LogP contribution in [0.3, 0.4) is 0 Å². The van der Waals surface area contributed by atoms with Crippen LogP contribution in [0, 0.1) is 5.82 Å². The Morgan fingerprint density at radius 2 is 1.80 bits per heavy atom. The van der Waals surface area contributed by atoms with Crippen molar-refractivity contribution in [2.24, 2.45) is 0 Å². The van der Waals surface area contributed by atoms with Gasteiger partial charge in [0.25, 0.3) is 0 Å². The van der Waals surface area contributed by atoms with E-state index in [0.717, 1.165) is 48.8 Å². The van der Waals surface area contributed by atoms with E-state index in [2.05, 4.69) is 9.88 Å². The molecule has 1 aliphatic rings. The number of pyridine rings is 1. The standard InChI is InChI=1S/C22H23FN2O3S.ClH/c1-29(26,27)20-4-2-16(3-5-20)15-25-10-7-19(8-11-25)28-22-13-17-6-9-24-14-18(17)12-21(22)23;/h2-6,9,12-14,19H,7-8,10-11,15H2,1H3;1H. The first-order valence-corrected chi connectivity index (χ1v) is 11.5. The fraction of sp³-hybridized carbons (Fsp3) is 0.318. The number of sulfone groups is 1. The van der Waals surface area contributed by atoms with Gasteiger partial charge in [0.2, 0.25) is 0 Å². The van der Waals surface area contributed by atoms with Crippen molar-refractivity contribution in [2.75, 3.05) is 19.3 Å². The second-order valence-corrected chi connectivity index (χ2v) is 9.53. The van der Waals surface area contributed by atoms with Crippen LogP contribution in [-0.4, -0.2) is 43.8 Å². The molecule has 0 saturated carbocycles. The lowest BCUT2D eigenvalue weighted by Crippen LogP contribution is -2.37. The highest BCUT2D eigenvalue weighted by Crippen LogP contribution is 2.27. The summed E-state index contributed by atoms with van der Waals surface area (Å²) in [4.78, 5) is 6.65. The van der Waals surface area contributed by atoms with Gasteiger partial charge in [0, 0.05) is 43.7 Å². The predicted molar refractivity (Wildman–Crippen MR) is 117 cm³/mol. The Bertz CT molecular complexity index is 1110. The van der Waals surface area contributed by atoms with Gasteiger partial charge in [-0.2, -0.15) is 0 Å². The molecular formula is C22H24ClFN2O3S. The summed E-state index contributed by atoms with van der Waals surface area (Å²) < 4.78 is 43.4. The molecule has 3 aromatic rings. The fourth-order valence-electron chi connectivity index (χ4n) is 3.64. The first-order valence-electron chi connectivity index (χ1n) is 9.60. The molecule has 160 valence electrons. The van der Waals surface area contributed by atoms with Gasteiger partial charge in [0.05, 0.1) is 4.90 Å².